The van der Waals surface area contributed by atoms with E-state index in [1.807, 2.05) is 0 Å². The molecule has 0 spiro atoms. The Bertz CT molecular complexity index is 464. The smallest absolute Gasteiger partial charge is 0.319 e. The van der Waals surface area contributed by atoms with Crippen molar-refractivity contribution in [2.45, 2.75) is 47.8 Å². The Morgan fingerprint density at radius 1 is 1.59 bits per heavy atom. The van der Waals surface area contributed by atoms with Gasteiger partial charge in [0.1, 0.15) is 16.2 Å². The van der Waals surface area contributed by atoms with Crippen LogP contribution in [0.15, 0.2) is 0 Å². The van der Waals surface area contributed by atoms with E-state index in [-0.39, 0.29) is 12.2 Å². The first-order chi connectivity index (χ1) is 7.90. The van der Waals surface area contributed by atoms with Crippen molar-refractivity contribution in [2.75, 3.05) is 0 Å². The lowest BCUT2D eigenvalue weighted by Gasteiger charge is -2.23. The summed E-state index contributed by atoms with van der Waals surface area (Å²) in [6.45, 7) is 1.66. The molecule has 3 heterocycles. The van der Waals surface area contributed by atoms with E-state index < -0.39 is 38.2 Å². The maximum Gasteiger partial charge on any atom is 0.319 e. The molecule has 1 N–H and O–H groups in total. The molecule has 0 saturated carbocycles. The molecule has 17 heavy (non-hydrogen) atoms. The highest BCUT2D eigenvalue weighted by Crippen LogP contribution is 2.44. The van der Waals surface area contributed by atoms with Crippen LogP contribution in [-0.2, 0) is 24.3 Å². The van der Waals surface area contributed by atoms with Crippen molar-refractivity contribution in [1.82, 2.24) is 4.72 Å². The maximum atomic E-state index is 11.7. The Balaban J connectivity index is 1.81. The lowest BCUT2D eigenvalue weighted by molar-refractivity contribution is -0.151. The number of halogens is 1. The SMILES string of the molecule is CC(Br)C(=O)OC1C2CC3C(O2)C1NS3(=O)=O. The summed E-state index contributed by atoms with van der Waals surface area (Å²) in [5.41, 5.74) is 0. The number of carbonyl (C=O) groups excluding carboxylic acids is 1. The van der Waals surface area contributed by atoms with Gasteiger partial charge in [-0.25, -0.2) is 13.1 Å². The van der Waals surface area contributed by atoms with E-state index in [4.69, 9.17) is 9.47 Å². The number of hydrogen-bond donors (Lipinski definition) is 1. The number of carbonyl (C=O) groups is 1. The zero-order chi connectivity index (χ0) is 12.4. The zero-order valence-corrected chi connectivity index (χ0v) is 11.4. The van der Waals surface area contributed by atoms with Gasteiger partial charge in [0.25, 0.3) is 0 Å². The number of esters is 1. The van der Waals surface area contributed by atoms with Gasteiger partial charge in [0, 0.05) is 0 Å². The molecule has 0 aromatic heterocycles. The number of nitrogens with one attached hydrogen (secondary N) is 1. The van der Waals surface area contributed by atoms with Gasteiger partial charge in [0.05, 0.1) is 18.2 Å². The fourth-order valence-electron chi connectivity index (χ4n) is 2.75. The summed E-state index contributed by atoms with van der Waals surface area (Å²) in [6, 6.07) is -0.418. The van der Waals surface area contributed by atoms with Crippen molar-refractivity contribution in [1.29, 1.82) is 0 Å². The fourth-order valence-corrected chi connectivity index (χ4v) is 4.71. The Labute approximate surface area is 107 Å². The quantitative estimate of drug-likeness (QED) is 0.548. The fraction of sp³-hybridized carbons (Fsp3) is 0.889. The minimum Gasteiger partial charge on any atom is -0.457 e. The average Bonchev–Trinajstić information content (AvgIpc) is 2.81. The molecule has 3 rings (SSSR count). The summed E-state index contributed by atoms with van der Waals surface area (Å²) in [4.78, 5) is 11.1. The molecule has 6 unspecified atom stereocenters. The van der Waals surface area contributed by atoms with Crippen LogP contribution in [0.1, 0.15) is 13.3 Å². The van der Waals surface area contributed by atoms with E-state index in [1.165, 1.54) is 0 Å². The van der Waals surface area contributed by atoms with Gasteiger partial charge >= 0.3 is 5.97 Å². The van der Waals surface area contributed by atoms with E-state index in [9.17, 15) is 13.2 Å². The first-order valence-corrected chi connectivity index (χ1v) is 7.87. The average molecular weight is 326 g/mol. The topological polar surface area (TPSA) is 81.7 Å². The first-order valence-electron chi connectivity index (χ1n) is 5.41. The van der Waals surface area contributed by atoms with Crippen LogP contribution >= 0.6 is 15.9 Å². The highest BCUT2D eigenvalue weighted by Gasteiger charge is 2.65. The third-order valence-electron chi connectivity index (χ3n) is 3.51. The normalized spacial score (nSPS) is 47.1. The number of fused-ring (bicyclic) bond motifs is 1. The van der Waals surface area contributed by atoms with Crippen molar-refractivity contribution in [2.24, 2.45) is 0 Å². The molecule has 6 nitrogen and oxygen atoms in total. The van der Waals surface area contributed by atoms with E-state index in [0.717, 1.165) is 0 Å². The second-order valence-electron chi connectivity index (χ2n) is 4.62. The minimum atomic E-state index is -3.30. The van der Waals surface area contributed by atoms with Crippen LogP contribution < -0.4 is 4.72 Å². The van der Waals surface area contributed by atoms with Gasteiger partial charge in [0.2, 0.25) is 10.0 Å². The van der Waals surface area contributed by atoms with Gasteiger partial charge < -0.3 is 9.47 Å². The third kappa shape index (κ3) is 1.65. The molecule has 3 aliphatic heterocycles. The summed E-state index contributed by atoms with van der Waals surface area (Å²) in [5, 5.41) is -0.478. The van der Waals surface area contributed by atoms with Crippen LogP contribution in [0.4, 0.5) is 0 Å². The molecule has 0 radical (unpaired) electrons. The Hall–Kier alpha value is -0.180. The summed E-state index contributed by atoms with van der Waals surface area (Å²) in [5.74, 6) is -0.395. The zero-order valence-electron chi connectivity index (χ0n) is 9.00. The molecule has 3 saturated heterocycles. The first kappa shape index (κ1) is 11.9. The Kier molecular flexibility index (Phi) is 2.56. The molecular formula is C9H12BrNO5S. The highest BCUT2D eigenvalue weighted by atomic mass is 79.9. The number of alkyl halides is 1. The Morgan fingerprint density at radius 3 is 2.94 bits per heavy atom. The van der Waals surface area contributed by atoms with Gasteiger partial charge in [-0.1, -0.05) is 15.9 Å². The second kappa shape index (κ2) is 3.66. The van der Waals surface area contributed by atoms with Gasteiger partial charge in [-0.05, 0) is 13.3 Å². The summed E-state index contributed by atoms with van der Waals surface area (Å²) < 4.78 is 36.8. The van der Waals surface area contributed by atoms with Crippen LogP contribution in [0.5, 0.6) is 0 Å². The van der Waals surface area contributed by atoms with E-state index >= 15 is 0 Å². The van der Waals surface area contributed by atoms with Crippen LogP contribution in [0.25, 0.3) is 0 Å². The highest BCUT2D eigenvalue weighted by molar-refractivity contribution is 9.10. The van der Waals surface area contributed by atoms with Crippen LogP contribution in [-0.4, -0.2) is 48.8 Å². The molecule has 3 fully saturated rings. The van der Waals surface area contributed by atoms with E-state index in [2.05, 4.69) is 20.7 Å². The summed E-state index contributed by atoms with van der Waals surface area (Å²) in [7, 11) is -3.30. The van der Waals surface area contributed by atoms with Crippen molar-refractivity contribution >= 4 is 31.9 Å². The van der Waals surface area contributed by atoms with Crippen LogP contribution in [0, 0.1) is 0 Å². The van der Waals surface area contributed by atoms with Gasteiger partial charge in [-0.15, -0.1) is 0 Å². The standard InChI is InChI=1S/C9H12BrNO5S/c1-3(10)9(12)16-7-4-2-5-8(15-4)6(7)11-17(5,13)14/h3-8,11H,2H2,1H3. The molecule has 0 aromatic carbocycles. The summed E-state index contributed by atoms with van der Waals surface area (Å²) in [6.07, 6.45) is -0.755. The largest absolute Gasteiger partial charge is 0.457 e. The monoisotopic (exact) mass is 325 g/mol. The summed E-state index contributed by atoms with van der Waals surface area (Å²) >= 11 is 3.12. The molecular weight excluding hydrogens is 314 g/mol. The van der Waals surface area contributed by atoms with Crippen molar-refractivity contribution in [3.63, 3.8) is 0 Å². The lowest BCUT2D eigenvalue weighted by atomic mass is 9.93. The molecule has 96 valence electrons. The molecule has 2 bridgehead atoms. The molecule has 0 aliphatic carbocycles. The number of hydrogen-bond acceptors (Lipinski definition) is 5. The van der Waals surface area contributed by atoms with Gasteiger partial charge in [-0.3, -0.25) is 4.79 Å². The molecule has 6 atom stereocenters. The molecule has 3 aliphatic rings. The number of rotatable bonds is 2. The predicted octanol–water partition coefficient (Wildman–Crippen LogP) is -0.477. The van der Waals surface area contributed by atoms with Crippen LogP contribution in [0.3, 0.4) is 0 Å². The molecule has 8 heteroatoms. The van der Waals surface area contributed by atoms with Crippen LogP contribution in [0.2, 0.25) is 0 Å². The molecule has 0 amide bonds. The number of sulfonamides is 1. The second-order valence-corrected chi connectivity index (χ2v) is 7.92. The van der Waals surface area contributed by atoms with Gasteiger partial charge in [0.15, 0.2) is 0 Å². The van der Waals surface area contributed by atoms with Crippen molar-refractivity contribution < 1.29 is 22.7 Å². The van der Waals surface area contributed by atoms with E-state index in [0.29, 0.717) is 6.42 Å². The maximum absolute atomic E-state index is 11.7. The predicted molar refractivity (Wildman–Crippen MR) is 61.2 cm³/mol. The van der Waals surface area contributed by atoms with Crippen molar-refractivity contribution in [3.05, 3.63) is 0 Å². The van der Waals surface area contributed by atoms with Crippen molar-refractivity contribution in [3.8, 4) is 0 Å². The third-order valence-corrected chi connectivity index (χ3v) is 5.75. The minimum absolute atomic E-state index is 0.296. The van der Waals surface area contributed by atoms with E-state index in [1.54, 1.807) is 6.92 Å². The van der Waals surface area contributed by atoms with Gasteiger partial charge in [-0.2, -0.15) is 0 Å². The lowest BCUT2D eigenvalue weighted by Crippen LogP contribution is -2.45. The number of ether oxygens (including phenoxy) is 2. The molecule has 0 aromatic rings. The Morgan fingerprint density at radius 2 is 2.29 bits per heavy atom.